The average Bonchev–Trinajstić information content (AvgIpc) is 3.02. The molecule has 3 nitrogen and oxygen atoms in total. The van der Waals surface area contributed by atoms with Crippen LogP contribution in [0.3, 0.4) is 0 Å². The van der Waals surface area contributed by atoms with Crippen molar-refractivity contribution >= 4 is 28.6 Å². The van der Waals surface area contributed by atoms with Crippen LogP contribution in [-0.2, 0) is 4.79 Å². The number of carbonyl (C=O) groups is 1. The first-order chi connectivity index (χ1) is 11.3. The fraction of sp³-hybridized carbons (Fsp3) is 0.526. The number of nitrogens with zero attached hydrogens (tertiary/aromatic N) is 1. The average molecular weight is 328 g/mol. The van der Waals surface area contributed by atoms with Gasteiger partial charge in [-0.05, 0) is 37.7 Å². The molecule has 1 aromatic carbocycles. The van der Waals surface area contributed by atoms with E-state index in [9.17, 15) is 4.79 Å². The molecule has 1 aliphatic heterocycles. The molecule has 2 heterocycles. The smallest absolute Gasteiger partial charge is 0.233 e. The van der Waals surface area contributed by atoms with Crippen LogP contribution in [0.15, 0.2) is 35.4 Å². The minimum atomic E-state index is 0.330. The van der Waals surface area contributed by atoms with Gasteiger partial charge in [0.15, 0.2) is 0 Å². The quantitative estimate of drug-likeness (QED) is 0.846. The van der Waals surface area contributed by atoms with E-state index >= 15 is 0 Å². The van der Waals surface area contributed by atoms with E-state index in [0.717, 1.165) is 18.0 Å². The summed E-state index contributed by atoms with van der Waals surface area (Å²) in [5, 5.41) is 1.22. The number of rotatable bonds is 3. The fourth-order valence-corrected chi connectivity index (χ4v) is 5.24. The maximum Gasteiger partial charge on any atom is 0.233 e. The molecular weight excluding hydrogens is 304 g/mol. The molecule has 2 atom stereocenters. The summed E-state index contributed by atoms with van der Waals surface area (Å²) in [6.07, 6.45) is 9.73. The molecule has 122 valence electrons. The fourth-order valence-electron chi connectivity index (χ4n) is 4.32. The van der Waals surface area contributed by atoms with Gasteiger partial charge < -0.3 is 9.88 Å². The Labute approximate surface area is 141 Å². The van der Waals surface area contributed by atoms with Crippen molar-refractivity contribution in [3.05, 3.63) is 30.5 Å². The number of benzene rings is 1. The summed E-state index contributed by atoms with van der Waals surface area (Å²) < 4.78 is 0. The van der Waals surface area contributed by atoms with E-state index in [1.54, 1.807) is 11.8 Å². The Morgan fingerprint density at radius 1 is 1.17 bits per heavy atom. The van der Waals surface area contributed by atoms with Gasteiger partial charge >= 0.3 is 0 Å². The third-order valence-corrected chi connectivity index (χ3v) is 6.51. The lowest BCUT2D eigenvalue weighted by Gasteiger charge is -2.44. The molecule has 1 saturated carbocycles. The van der Waals surface area contributed by atoms with Crippen LogP contribution in [-0.4, -0.2) is 34.1 Å². The van der Waals surface area contributed by atoms with E-state index in [2.05, 4.69) is 28.1 Å². The van der Waals surface area contributed by atoms with Gasteiger partial charge in [-0.3, -0.25) is 4.79 Å². The molecule has 1 aromatic heterocycles. The van der Waals surface area contributed by atoms with E-state index < -0.39 is 0 Å². The topological polar surface area (TPSA) is 36.1 Å². The van der Waals surface area contributed by atoms with Crippen molar-refractivity contribution in [2.45, 2.75) is 49.5 Å². The van der Waals surface area contributed by atoms with Crippen LogP contribution < -0.4 is 0 Å². The van der Waals surface area contributed by atoms with E-state index in [-0.39, 0.29) is 0 Å². The van der Waals surface area contributed by atoms with E-state index in [1.165, 1.54) is 48.8 Å². The van der Waals surface area contributed by atoms with E-state index in [4.69, 9.17) is 0 Å². The van der Waals surface area contributed by atoms with Gasteiger partial charge in [0.1, 0.15) is 0 Å². The Bertz CT molecular complexity index is 693. The van der Waals surface area contributed by atoms with Crippen LogP contribution in [0, 0.1) is 5.92 Å². The number of fused-ring (bicyclic) bond motifs is 2. The summed E-state index contributed by atoms with van der Waals surface area (Å²) in [6.45, 7) is 0.967. The molecule has 4 rings (SSSR count). The number of hydrogen-bond donors (Lipinski definition) is 1. The van der Waals surface area contributed by atoms with Crippen LogP contribution in [0.4, 0.5) is 0 Å². The van der Waals surface area contributed by atoms with Gasteiger partial charge in [0.2, 0.25) is 5.91 Å². The lowest BCUT2D eigenvalue weighted by atomic mass is 9.78. The Morgan fingerprint density at radius 2 is 2.00 bits per heavy atom. The second-order valence-electron chi connectivity index (χ2n) is 6.83. The second kappa shape index (κ2) is 6.60. The van der Waals surface area contributed by atoms with Crippen molar-refractivity contribution in [1.29, 1.82) is 0 Å². The Balaban J connectivity index is 1.43. The molecule has 1 amide bonds. The molecule has 1 saturated heterocycles. The monoisotopic (exact) mass is 328 g/mol. The minimum absolute atomic E-state index is 0.330. The number of para-hydroxylation sites is 1. The predicted molar refractivity (Wildman–Crippen MR) is 95.7 cm³/mol. The highest BCUT2D eigenvalue weighted by atomic mass is 32.2. The number of thioether (sulfide) groups is 1. The maximum atomic E-state index is 12.8. The molecule has 23 heavy (non-hydrogen) atoms. The summed E-state index contributed by atoms with van der Waals surface area (Å²) in [5.41, 5.74) is 1.15. The number of nitrogens with one attached hydrogen (secondary N) is 1. The van der Waals surface area contributed by atoms with E-state index in [1.807, 2.05) is 12.3 Å². The zero-order valence-corrected chi connectivity index (χ0v) is 14.3. The first kappa shape index (κ1) is 15.1. The molecular formula is C19H24N2OS. The van der Waals surface area contributed by atoms with Crippen LogP contribution in [0.5, 0.6) is 0 Å². The molecule has 2 aliphatic rings. The largest absolute Gasteiger partial charge is 0.360 e. The van der Waals surface area contributed by atoms with Gasteiger partial charge in [0.05, 0.1) is 5.75 Å². The van der Waals surface area contributed by atoms with Crippen molar-refractivity contribution in [1.82, 2.24) is 9.88 Å². The molecule has 4 heteroatoms. The molecule has 1 N–H and O–H groups in total. The summed E-state index contributed by atoms with van der Waals surface area (Å²) in [4.78, 5) is 19.5. The van der Waals surface area contributed by atoms with Crippen molar-refractivity contribution in [3.8, 4) is 0 Å². The molecule has 2 fully saturated rings. The zero-order valence-electron chi connectivity index (χ0n) is 13.5. The summed E-state index contributed by atoms with van der Waals surface area (Å²) in [5.74, 6) is 1.65. The second-order valence-corrected chi connectivity index (χ2v) is 7.85. The van der Waals surface area contributed by atoms with Gasteiger partial charge in [-0.2, -0.15) is 0 Å². The highest BCUT2D eigenvalue weighted by Gasteiger charge is 2.35. The highest BCUT2D eigenvalue weighted by Crippen LogP contribution is 2.36. The SMILES string of the molecule is O=C(CSc1c[nH]c2ccccc12)N1CCCC2CCCCC21. The maximum absolute atomic E-state index is 12.8. The number of carbonyl (C=O) groups excluding carboxylic acids is 1. The lowest BCUT2D eigenvalue weighted by molar-refractivity contribution is -0.134. The summed E-state index contributed by atoms with van der Waals surface area (Å²) in [6, 6.07) is 8.82. The number of aromatic nitrogens is 1. The third kappa shape index (κ3) is 3.01. The van der Waals surface area contributed by atoms with E-state index in [0.29, 0.717) is 17.7 Å². The highest BCUT2D eigenvalue weighted by molar-refractivity contribution is 8.00. The van der Waals surface area contributed by atoms with Crippen LogP contribution in [0.2, 0.25) is 0 Å². The summed E-state index contributed by atoms with van der Waals surface area (Å²) in [7, 11) is 0. The first-order valence-corrected chi connectivity index (χ1v) is 9.80. The van der Waals surface area contributed by atoms with Gasteiger partial charge in [-0.15, -0.1) is 11.8 Å². The Kier molecular flexibility index (Phi) is 4.34. The van der Waals surface area contributed by atoms with Crippen LogP contribution >= 0.6 is 11.8 Å². The third-order valence-electron chi connectivity index (χ3n) is 5.47. The van der Waals surface area contributed by atoms with Crippen molar-refractivity contribution in [2.75, 3.05) is 12.3 Å². The van der Waals surface area contributed by atoms with Gasteiger partial charge in [-0.1, -0.05) is 31.0 Å². The number of amides is 1. The summed E-state index contributed by atoms with van der Waals surface area (Å²) >= 11 is 1.68. The zero-order chi connectivity index (χ0) is 15.6. The molecule has 1 aliphatic carbocycles. The predicted octanol–water partition coefficient (Wildman–Crippen LogP) is 4.44. The molecule has 2 unspecified atom stereocenters. The van der Waals surface area contributed by atoms with Crippen molar-refractivity contribution in [2.24, 2.45) is 5.92 Å². The number of hydrogen-bond acceptors (Lipinski definition) is 2. The van der Waals surface area contributed by atoms with Crippen LogP contribution in [0.25, 0.3) is 10.9 Å². The van der Waals surface area contributed by atoms with Crippen molar-refractivity contribution in [3.63, 3.8) is 0 Å². The Hall–Kier alpha value is -1.42. The van der Waals surface area contributed by atoms with Gasteiger partial charge in [0, 0.05) is 34.6 Å². The standard InChI is InChI=1S/C19H24N2OS/c22-19(21-11-5-7-14-6-1-4-10-17(14)21)13-23-18-12-20-16-9-3-2-8-15(16)18/h2-3,8-9,12,14,17,20H,1,4-7,10-11,13H2. The van der Waals surface area contributed by atoms with Crippen LogP contribution in [0.1, 0.15) is 38.5 Å². The molecule has 0 bridgehead atoms. The number of aromatic amines is 1. The van der Waals surface area contributed by atoms with Gasteiger partial charge in [-0.25, -0.2) is 0 Å². The number of likely N-dealkylation sites (tertiary alicyclic amines) is 1. The molecule has 0 spiro atoms. The first-order valence-electron chi connectivity index (χ1n) is 8.81. The van der Waals surface area contributed by atoms with Crippen molar-refractivity contribution < 1.29 is 4.79 Å². The van der Waals surface area contributed by atoms with Gasteiger partial charge in [0.25, 0.3) is 0 Å². The molecule has 2 aromatic rings. The Morgan fingerprint density at radius 3 is 2.96 bits per heavy atom. The number of H-pyrrole nitrogens is 1. The molecule has 0 radical (unpaired) electrons. The normalized spacial score (nSPS) is 24.6. The number of piperidine rings is 1. The lowest BCUT2D eigenvalue weighted by Crippen LogP contribution is -2.50. The minimum Gasteiger partial charge on any atom is -0.360 e.